The van der Waals surface area contributed by atoms with E-state index in [0.717, 1.165) is 19.8 Å². The molecule has 0 N–H and O–H groups in total. The highest BCUT2D eigenvalue weighted by Crippen LogP contribution is 2.23. The van der Waals surface area contributed by atoms with Crippen molar-refractivity contribution in [3.05, 3.63) is 0 Å². The Morgan fingerprint density at radius 2 is 1.69 bits per heavy atom. The van der Waals surface area contributed by atoms with Gasteiger partial charge in [0.2, 0.25) is 0 Å². The zero-order chi connectivity index (χ0) is 12.2. The zero-order valence-electron chi connectivity index (χ0n) is 11.6. The molecular weight excluding hydrogens is 232 g/mol. The van der Waals surface area contributed by atoms with Gasteiger partial charge in [-0.05, 0) is 6.04 Å². The normalized spacial score (nSPS) is 21.2. The second-order valence-electron chi connectivity index (χ2n) is 7.01. The van der Waals surface area contributed by atoms with E-state index in [1.165, 1.54) is 18.1 Å². The predicted octanol–water partition coefficient (Wildman–Crippen LogP) is 3.45. The van der Waals surface area contributed by atoms with Gasteiger partial charge in [-0.25, -0.2) is 0 Å². The number of rotatable bonds is 8. The molecule has 4 heteroatoms. The molecule has 0 spiro atoms. The maximum absolute atomic E-state index is 5.65. The van der Waals surface area contributed by atoms with Crippen molar-refractivity contribution in [2.24, 2.45) is 0 Å². The average Bonchev–Trinajstić information content (AvgIpc) is 2.92. The van der Waals surface area contributed by atoms with Gasteiger partial charge < -0.3 is 9.47 Å². The van der Waals surface area contributed by atoms with Gasteiger partial charge >= 0.3 is 0 Å². The molecule has 0 aliphatic carbocycles. The molecule has 0 radical (unpaired) electrons. The van der Waals surface area contributed by atoms with Crippen molar-refractivity contribution < 1.29 is 9.47 Å². The molecule has 1 saturated heterocycles. The van der Waals surface area contributed by atoms with Gasteiger partial charge in [-0.2, -0.15) is 0 Å². The third kappa shape index (κ3) is 7.60. The lowest BCUT2D eigenvalue weighted by molar-refractivity contribution is 0.127. The number of ether oxygens (including phenoxy) is 2. The summed E-state index contributed by atoms with van der Waals surface area (Å²) in [5, 5.41) is 0. The van der Waals surface area contributed by atoms with Crippen LogP contribution in [0.2, 0.25) is 50.9 Å². The topological polar surface area (TPSA) is 21.8 Å². The third-order valence-electron chi connectivity index (χ3n) is 3.18. The lowest BCUT2D eigenvalue weighted by Gasteiger charge is -2.26. The number of hydrogen-bond acceptors (Lipinski definition) is 2. The van der Waals surface area contributed by atoms with Gasteiger partial charge in [0.15, 0.2) is 0 Å². The molecule has 0 aromatic rings. The van der Waals surface area contributed by atoms with E-state index in [9.17, 15) is 0 Å². The van der Waals surface area contributed by atoms with Crippen LogP contribution >= 0.6 is 0 Å². The molecule has 0 bridgehead atoms. The largest absolute Gasteiger partial charge is 0.379 e. The third-order valence-corrected chi connectivity index (χ3v) is 8.59. The summed E-state index contributed by atoms with van der Waals surface area (Å²) in [5.41, 5.74) is 0. The Bertz CT molecular complexity index is 208. The van der Waals surface area contributed by atoms with Gasteiger partial charge in [0.1, 0.15) is 6.10 Å². The van der Waals surface area contributed by atoms with Crippen LogP contribution in [-0.4, -0.2) is 42.1 Å². The molecule has 96 valence electrons. The monoisotopic (exact) mass is 260 g/mol. The summed E-state index contributed by atoms with van der Waals surface area (Å²) in [6.07, 6.45) is 0.423. The predicted molar refractivity (Wildman–Crippen MR) is 75.8 cm³/mol. The molecule has 1 rings (SSSR count). The van der Waals surface area contributed by atoms with E-state index < -0.39 is 16.1 Å². The molecule has 16 heavy (non-hydrogen) atoms. The van der Waals surface area contributed by atoms with Crippen molar-refractivity contribution in [2.75, 3.05) is 19.8 Å². The summed E-state index contributed by atoms with van der Waals surface area (Å²) in [4.78, 5) is 0. The molecule has 0 amide bonds. The Kier molecular flexibility index (Phi) is 5.23. The van der Waals surface area contributed by atoms with E-state index >= 15 is 0 Å². The van der Waals surface area contributed by atoms with E-state index in [1.54, 1.807) is 0 Å². The van der Waals surface area contributed by atoms with Crippen LogP contribution in [0.4, 0.5) is 0 Å². The van der Waals surface area contributed by atoms with E-state index in [1.807, 2.05) is 0 Å². The number of hydrogen-bond donors (Lipinski definition) is 0. The molecule has 0 aromatic heterocycles. The summed E-state index contributed by atoms with van der Waals surface area (Å²) < 4.78 is 10.8. The van der Waals surface area contributed by atoms with Crippen LogP contribution in [0.25, 0.3) is 0 Å². The maximum Gasteiger partial charge on any atom is 0.104 e. The fraction of sp³-hybridized carbons (Fsp3) is 1.00. The van der Waals surface area contributed by atoms with Gasteiger partial charge in [0, 0.05) is 22.8 Å². The minimum absolute atomic E-state index is 0.423. The Labute approximate surface area is 103 Å². The minimum atomic E-state index is -0.996. The zero-order valence-corrected chi connectivity index (χ0v) is 13.6. The van der Waals surface area contributed by atoms with E-state index in [-0.39, 0.29) is 0 Å². The van der Waals surface area contributed by atoms with Crippen molar-refractivity contribution in [2.45, 2.75) is 57.0 Å². The smallest absolute Gasteiger partial charge is 0.104 e. The van der Waals surface area contributed by atoms with Crippen LogP contribution in [0.15, 0.2) is 0 Å². The summed E-state index contributed by atoms with van der Waals surface area (Å²) in [5.74, 6) is 0. The first kappa shape index (κ1) is 14.4. The van der Waals surface area contributed by atoms with Gasteiger partial charge in [-0.1, -0.05) is 44.8 Å². The SMILES string of the molecule is C[Si](C)(C)CC[Si](C)(C)CCOCC1CO1. The van der Waals surface area contributed by atoms with Crippen molar-refractivity contribution in [1.29, 1.82) is 0 Å². The van der Waals surface area contributed by atoms with Crippen LogP contribution in [-0.2, 0) is 9.47 Å². The molecule has 1 aliphatic rings. The first-order valence-electron chi connectivity index (χ1n) is 6.48. The quantitative estimate of drug-likeness (QED) is 0.379. The first-order chi connectivity index (χ1) is 7.29. The summed E-state index contributed by atoms with van der Waals surface area (Å²) in [7, 11) is -1.84. The van der Waals surface area contributed by atoms with Crippen molar-refractivity contribution in [1.82, 2.24) is 0 Å². The van der Waals surface area contributed by atoms with Crippen LogP contribution < -0.4 is 0 Å². The fourth-order valence-electron chi connectivity index (χ4n) is 1.57. The lowest BCUT2D eigenvalue weighted by Crippen LogP contribution is -2.31. The second-order valence-corrected chi connectivity index (χ2v) is 18.0. The Balaban J connectivity index is 2.06. The molecule has 1 unspecified atom stereocenters. The minimum Gasteiger partial charge on any atom is -0.379 e. The Morgan fingerprint density at radius 1 is 1.06 bits per heavy atom. The van der Waals surface area contributed by atoms with Crippen molar-refractivity contribution >= 4 is 16.1 Å². The molecule has 0 aromatic carbocycles. The summed E-state index contributed by atoms with van der Waals surface area (Å²) in [6, 6.07) is 4.27. The van der Waals surface area contributed by atoms with Gasteiger partial charge in [0.25, 0.3) is 0 Å². The maximum atomic E-state index is 5.65. The molecule has 1 heterocycles. The van der Waals surface area contributed by atoms with Gasteiger partial charge in [-0.3, -0.25) is 0 Å². The molecule has 1 fully saturated rings. The van der Waals surface area contributed by atoms with Crippen LogP contribution in [0.5, 0.6) is 0 Å². The van der Waals surface area contributed by atoms with Crippen molar-refractivity contribution in [3.8, 4) is 0 Å². The average molecular weight is 261 g/mol. The molecular formula is C12H28O2Si2. The molecule has 1 atom stereocenters. The van der Waals surface area contributed by atoms with Crippen LogP contribution in [0.3, 0.4) is 0 Å². The van der Waals surface area contributed by atoms with Crippen LogP contribution in [0, 0.1) is 0 Å². The fourth-order valence-corrected chi connectivity index (χ4v) is 8.22. The highest BCUT2D eigenvalue weighted by molar-refractivity contribution is 6.82. The van der Waals surface area contributed by atoms with Gasteiger partial charge in [-0.15, -0.1) is 0 Å². The second kappa shape index (κ2) is 5.80. The summed E-state index contributed by atoms with van der Waals surface area (Å²) in [6.45, 7) is 15.1. The Hall–Kier alpha value is 0.354. The Morgan fingerprint density at radius 3 is 2.19 bits per heavy atom. The van der Waals surface area contributed by atoms with Crippen molar-refractivity contribution in [3.63, 3.8) is 0 Å². The highest BCUT2D eigenvalue weighted by Gasteiger charge is 2.25. The van der Waals surface area contributed by atoms with E-state index in [0.29, 0.717) is 6.10 Å². The first-order valence-corrected chi connectivity index (χ1v) is 13.6. The summed E-state index contributed by atoms with van der Waals surface area (Å²) >= 11 is 0. The van der Waals surface area contributed by atoms with Crippen LogP contribution in [0.1, 0.15) is 0 Å². The lowest BCUT2D eigenvalue weighted by atomic mass is 10.5. The van der Waals surface area contributed by atoms with Gasteiger partial charge in [0.05, 0.1) is 13.2 Å². The standard InChI is InChI=1S/C12H28O2Si2/c1-15(2,3)8-9-16(4,5)7-6-13-10-12-11-14-12/h12H,6-11H2,1-5H3. The molecule has 2 nitrogen and oxygen atoms in total. The van der Waals surface area contributed by atoms with E-state index in [4.69, 9.17) is 9.47 Å². The van der Waals surface area contributed by atoms with E-state index in [2.05, 4.69) is 32.7 Å². The molecule has 1 aliphatic heterocycles. The number of epoxide rings is 1. The molecule has 0 saturated carbocycles. The highest BCUT2D eigenvalue weighted by atomic mass is 28.3.